The summed E-state index contributed by atoms with van der Waals surface area (Å²) >= 11 is 0. The number of carboxylic acid groups (broad SMARTS) is 1. The van der Waals surface area contributed by atoms with Crippen molar-refractivity contribution < 1.29 is 14.7 Å². The Kier molecular flexibility index (Phi) is 5.46. The molecule has 1 atom stereocenters. The molecule has 0 aromatic heterocycles. The average Bonchev–Trinajstić information content (AvgIpc) is 3.13. The van der Waals surface area contributed by atoms with Crippen molar-refractivity contribution in [2.45, 2.75) is 32.0 Å². The number of carbonyl (C=O) groups excluding carboxylic acids is 1. The first-order chi connectivity index (χ1) is 12.1. The van der Waals surface area contributed by atoms with Gasteiger partial charge in [-0.3, -0.25) is 4.79 Å². The van der Waals surface area contributed by atoms with Gasteiger partial charge >= 0.3 is 5.97 Å². The molecule has 0 bridgehead atoms. The zero-order chi connectivity index (χ0) is 17.6. The predicted molar refractivity (Wildman–Crippen MR) is 95.1 cm³/mol. The van der Waals surface area contributed by atoms with Crippen LogP contribution in [0.1, 0.15) is 34.3 Å². The summed E-state index contributed by atoms with van der Waals surface area (Å²) in [5.74, 6) is -1.12. The second-order valence-electron chi connectivity index (χ2n) is 6.28. The number of hydrogen-bond donors (Lipinski definition) is 2. The van der Waals surface area contributed by atoms with Gasteiger partial charge in [0.05, 0.1) is 0 Å². The number of likely N-dealkylation sites (tertiary alicyclic amines) is 1. The molecule has 0 radical (unpaired) electrons. The van der Waals surface area contributed by atoms with Crippen LogP contribution in [0.2, 0.25) is 0 Å². The van der Waals surface area contributed by atoms with Gasteiger partial charge in [0.1, 0.15) is 6.04 Å². The number of nitrogens with zero attached hydrogens (tertiary/aromatic N) is 1. The maximum absolute atomic E-state index is 12.5. The minimum absolute atomic E-state index is 0.200. The molecule has 2 N–H and O–H groups in total. The van der Waals surface area contributed by atoms with Gasteiger partial charge in [-0.2, -0.15) is 0 Å². The van der Waals surface area contributed by atoms with Crippen LogP contribution >= 0.6 is 0 Å². The molecule has 5 heteroatoms. The summed E-state index contributed by atoms with van der Waals surface area (Å²) in [5, 5.41) is 12.6. The minimum atomic E-state index is -0.924. The van der Waals surface area contributed by atoms with E-state index in [1.807, 2.05) is 30.3 Å². The topological polar surface area (TPSA) is 69.6 Å². The van der Waals surface area contributed by atoms with Crippen LogP contribution in [0.4, 0.5) is 0 Å². The van der Waals surface area contributed by atoms with E-state index in [-0.39, 0.29) is 5.91 Å². The van der Waals surface area contributed by atoms with Crippen molar-refractivity contribution in [3.63, 3.8) is 0 Å². The first-order valence-corrected chi connectivity index (χ1v) is 8.52. The highest BCUT2D eigenvalue weighted by Gasteiger charge is 2.34. The number of aliphatic carboxylic acids is 1. The number of benzene rings is 2. The first-order valence-electron chi connectivity index (χ1n) is 8.52. The van der Waals surface area contributed by atoms with Crippen molar-refractivity contribution in [1.29, 1.82) is 0 Å². The fourth-order valence-electron chi connectivity index (χ4n) is 3.14. The average molecular weight is 338 g/mol. The van der Waals surface area contributed by atoms with Gasteiger partial charge in [0.2, 0.25) is 0 Å². The summed E-state index contributed by atoms with van der Waals surface area (Å²) in [6.45, 7) is 2.01. The number of nitrogens with one attached hydrogen (secondary N) is 1. The van der Waals surface area contributed by atoms with E-state index in [0.717, 1.165) is 18.5 Å². The SMILES string of the molecule is O=C(O)[C@H]1CCCN1C(=O)c1ccc(CNCc2ccccc2)cc1. The maximum Gasteiger partial charge on any atom is 0.326 e. The molecule has 0 unspecified atom stereocenters. The fourth-order valence-corrected chi connectivity index (χ4v) is 3.14. The van der Waals surface area contributed by atoms with E-state index in [2.05, 4.69) is 17.4 Å². The molecule has 0 aliphatic carbocycles. The number of carboxylic acids is 1. The lowest BCUT2D eigenvalue weighted by Gasteiger charge is -2.21. The summed E-state index contributed by atoms with van der Waals surface area (Å²) in [5.41, 5.74) is 2.85. The molecule has 1 aliphatic rings. The summed E-state index contributed by atoms with van der Waals surface area (Å²) in [6, 6.07) is 16.9. The second kappa shape index (κ2) is 7.94. The third-order valence-corrected chi connectivity index (χ3v) is 4.50. The van der Waals surface area contributed by atoms with E-state index >= 15 is 0 Å². The molecule has 130 valence electrons. The Hall–Kier alpha value is -2.66. The van der Waals surface area contributed by atoms with Crippen LogP contribution in [-0.2, 0) is 17.9 Å². The molecule has 1 heterocycles. The van der Waals surface area contributed by atoms with Gasteiger partial charge in [0.15, 0.2) is 0 Å². The van der Waals surface area contributed by atoms with Gasteiger partial charge in [0.25, 0.3) is 5.91 Å². The van der Waals surface area contributed by atoms with E-state index in [1.165, 1.54) is 10.5 Å². The van der Waals surface area contributed by atoms with Crippen molar-refractivity contribution in [3.8, 4) is 0 Å². The van der Waals surface area contributed by atoms with Crippen molar-refractivity contribution in [2.75, 3.05) is 6.54 Å². The zero-order valence-electron chi connectivity index (χ0n) is 14.0. The Bertz CT molecular complexity index is 728. The Morgan fingerprint density at radius 2 is 1.64 bits per heavy atom. The minimum Gasteiger partial charge on any atom is -0.480 e. The highest BCUT2D eigenvalue weighted by molar-refractivity contribution is 5.97. The lowest BCUT2D eigenvalue weighted by Crippen LogP contribution is -2.40. The smallest absolute Gasteiger partial charge is 0.326 e. The first kappa shape index (κ1) is 17.2. The van der Waals surface area contributed by atoms with E-state index in [0.29, 0.717) is 25.1 Å². The van der Waals surface area contributed by atoms with E-state index < -0.39 is 12.0 Å². The number of rotatable bonds is 6. The van der Waals surface area contributed by atoms with Crippen molar-refractivity contribution in [3.05, 3.63) is 71.3 Å². The Labute approximate surface area is 147 Å². The van der Waals surface area contributed by atoms with Gasteiger partial charge in [-0.15, -0.1) is 0 Å². The quantitative estimate of drug-likeness (QED) is 0.850. The third-order valence-electron chi connectivity index (χ3n) is 4.50. The normalized spacial score (nSPS) is 16.8. The van der Waals surface area contributed by atoms with Gasteiger partial charge in [-0.25, -0.2) is 4.79 Å². The van der Waals surface area contributed by atoms with Crippen LogP contribution in [0.15, 0.2) is 54.6 Å². The second-order valence-corrected chi connectivity index (χ2v) is 6.28. The van der Waals surface area contributed by atoms with Gasteiger partial charge in [0, 0.05) is 25.2 Å². The van der Waals surface area contributed by atoms with E-state index in [1.54, 1.807) is 12.1 Å². The predicted octanol–water partition coefficient (Wildman–Crippen LogP) is 2.67. The molecular weight excluding hydrogens is 316 g/mol. The molecular formula is C20H22N2O3. The Morgan fingerprint density at radius 1 is 1.00 bits per heavy atom. The summed E-state index contributed by atoms with van der Waals surface area (Å²) in [6.07, 6.45) is 1.27. The largest absolute Gasteiger partial charge is 0.480 e. The standard InChI is InChI=1S/C20H22N2O3/c23-19(22-12-4-7-18(22)20(24)25)17-10-8-16(9-11-17)14-21-13-15-5-2-1-3-6-15/h1-3,5-6,8-11,18,21H,4,7,12-14H2,(H,24,25)/t18-/m1/s1. The molecule has 5 nitrogen and oxygen atoms in total. The molecule has 1 fully saturated rings. The third kappa shape index (κ3) is 4.25. The molecule has 1 aliphatic heterocycles. The van der Waals surface area contributed by atoms with E-state index in [9.17, 15) is 14.7 Å². The molecule has 0 saturated carbocycles. The zero-order valence-corrected chi connectivity index (χ0v) is 14.0. The van der Waals surface area contributed by atoms with Crippen LogP contribution < -0.4 is 5.32 Å². The summed E-state index contributed by atoms with van der Waals surface area (Å²) in [7, 11) is 0. The monoisotopic (exact) mass is 338 g/mol. The highest BCUT2D eigenvalue weighted by Crippen LogP contribution is 2.20. The van der Waals surface area contributed by atoms with E-state index in [4.69, 9.17) is 0 Å². The maximum atomic E-state index is 12.5. The molecule has 2 aromatic rings. The van der Waals surface area contributed by atoms with Crippen molar-refractivity contribution in [2.24, 2.45) is 0 Å². The van der Waals surface area contributed by atoms with Crippen LogP contribution in [0.3, 0.4) is 0 Å². The molecule has 1 saturated heterocycles. The number of carbonyl (C=O) groups is 2. The highest BCUT2D eigenvalue weighted by atomic mass is 16.4. The summed E-state index contributed by atoms with van der Waals surface area (Å²) in [4.78, 5) is 25.2. The van der Waals surface area contributed by atoms with Crippen LogP contribution in [0.5, 0.6) is 0 Å². The van der Waals surface area contributed by atoms with Crippen molar-refractivity contribution >= 4 is 11.9 Å². The van der Waals surface area contributed by atoms with Gasteiger partial charge in [-0.1, -0.05) is 42.5 Å². The molecule has 2 aromatic carbocycles. The lowest BCUT2D eigenvalue weighted by atomic mass is 10.1. The van der Waals surface area contributed by atoms with Crippen LogP contribution in [0, 0.1) is 0 Å². The van der Waals surface area contributed by atoms with Crippen molar-refractivity contribution in [1.82, 2.24) is 10.2 Å². The Morgan fingerprint density at radius 3 is 2.28 bits per heavy atom. The fraction of sp³-hybridized carbons (Fsp3) is 0.300. The summed E-state index contributed by atoms with van der Waals surface area (Å²) < 4.78 is 0. The molecule has 1 amide bonds. The van der Waals surface area contributed by atoms with Gasteiger partial charge < -0.3 is 15.3 Å². The Balaban J connectivity index is 1.56. The van der Waals surface area contributed by atoms with Crippen LogP contribution in [-0.4, -0.2) is 34.5 Å². The lowest BCUT2D eigenvalue weighted by molar-refractivity contribution is -0.141. The number of amides is 1. The molecule has 0 spiro atoms. The van der Waals surface area contributed by atoms with Crippen LogP contribution in [0.25, 0.3) is 0 Å². The molecule has 3 rings (SSSR count). The van der Waals surface area contributed by atoms with Gasteiger partial charge in [-0.05, 0) is 36.1 Å². The molecule has 25 heavy (non-hydrogen) atoms. The number of hydrogen-bond acceptors (Lipinski definition) is 3.